The number of nitrogens with two attached hydrogens (primary N) is 1. The van der Waals surface area contributed by atoms with Crippen LogP contribution in [-0.4, -0.2) is 9.78 Å². The summed E-state index contributed by atoms with van der Waals surface area (Å²) >= 11 is 0. The molecule has 74 valence electrons. The number of aromatic nitrogens is 2. The summed E-state index contributed by atoms with van der Waals surface area (Å²) in [6.45, 7) is 7.42. The average Bonchev–Trinajstić information content (AvgIpc) is 2.42. The molecule has 13 heavy (non-hydrogen) atoms. The van der Waals surface area contributed by atoms with Crippen molar-refractivity contribution in [1.82, 2.24) is 9.78 Å². The normalized spacial score (nSPS) is 11.1. The highest BCUT2D eigenvalue weighted by molar-refractivity contribution is 5.35. The predicted molar refractivity (Wildman–Crippen MR) is 55.4 cm³/mol. The molecule has 0 bridgehead atoms. The lowest BCUT2D eigenvalue weighted by atomic mass is 10.0. The van der Waals surface area contributed by atoms with E-state index < -0.39 is 0 Å². The molecular formula is C10H19N3. The van der Waals surface area contributed by atoms with Crippen molar-refractivity contribution in [2.45, 2.75) is 40.2 Å². The number of rotatable bonds is 4. The second-order valence-electron chi connectivity index (χ2n) is 3.60. The van der Waals surface area contributed by atoms with Crippen LogP contribution in [0.15, 0.2) is 6.20 Å². The van der Waals surface area contributed by atoms with E-state index in [0.29, 0.717) is 5.82 Å². The summed E-state index contributed by atoms with van der Waals surface area (Å²) in [4.78, 5) is 0. The second-order valence-corrected chi connectivity index (χ2v) is 3.60. The van der Waals surface area contributed by atoms with Gasteiger partial charge >= 0.3 is 0 Å². The third kappa shape index (κ3) is 2.47. The van der Waals surface area contributed by atoms with Crippen LogP contribution < -0.4 is 5.73 Å². The summed E-state index contributed by atoms with van der Waals surface area (Å²) < 4.78 is 1.96. The molecule has 0 aliphatic carbocycles. The second kappa shape index (κ2) is 4.30. The summed E-state index contributed by atoms with van der Waals surface area (Å²) in [6.07, 6.45) is 4.43. The Hall–Kier alpha value is -0.990. The summed E-state index contributed by atoms with van der Waals surface area (Å²) in [5.74, 6) is 1.38. The third-order valence-corrected chi connectivity index (χ3v) is 2.58. The number of nitrogens with zero attached hydrogens (tertiary/aromatic N) is 2. The molecule has 0 spiro atoms. The number of hydrogen-bond acceptors (Lipinski definition) is 2. The summed E-state index contributed by atoms with van der Waals surface area (Å²) in [6, 6.07) is 0. The van der Waals surface area contributed by atoms with Gasteiger partial charge in [-0.3, -0.25) is 4.68 Å². The van der Waals surface area contributed by atoms with Crippen LogP contribution in [0.25, 0.3) is 0 Å². The summed E-state index contributed by atoms with van der Waals surface area (Å²) in [7, 11) is 0. The largest absolute Gasteiger partial charge is 0.382 e. The maximum Gasteiger partial charge on any atom is 0.148 e. The molecule has 0 amide bonds. The summed E-state index contributed by atoms with van der Waals surface area (Å²) in [5, 5.41) is 4.24. The lowest BCUT2D eigenvalue weighted by Crippen LogP contribution is -2.09. The van der Waals surface area contributed by atoms with Gasteiger partial charge in [-0.2, -0.15) is 5.10 Å². The van der Waals surface area contributed by atoms with E-state index in [9.17, 15) is 0 Å². The molecule has 3 nitrogen and oxygen atoms in total. The maximum absolute atomic E-state index is 5.67. The van der Waals surface area contributed by atoms with Crippen molar-refractivity contribution < 1.29 is 0 Å². The molecule has 0 aromatic carbocycles. The smallest absolute Gasteiger partial charge is 0.148 e. The Balaban J connectivity index is 2.62. The fourth-order valence-electron chi connectivity index (χ4n) is 1.44. The van der Waals surface area contributed by atoms with Crippen molar-refractivity contribution in [3.05, 3.63) is 11.8 Å². The Labute approximate surface area is 79.9 Å². The molecular weight excluding hydrogens is 162 g/mol. The molecule has 0 aliphatic rings. The SMILES string of the molecule is CCC(CC)Cn1cc(C)c(N)n1. The predicted octanol–water partition coefficient (Wildman–Crippen LogP) is 2.21. The standard InChI is InChI=1S/C10H19N3/c1-4-9(5-2)7-13-6-8(3)10(11)12-13/h6,9H,4-5,7H2,1-3H3,(H2,11,12). The molecule has 1 aromatic rings. The van der Waals surface area contributed by atoms with Crippen molar-refractivity contribution in [3.8, 4) is 0 Å². The highest BCUT2D eigenvalue weighted by Gasteiger charge is 2.06. The van der Waals surface area contributed by atoms with Gasteiger partial charge in [-0.15, -0.1) is 0 Å². The molecule has 0 saturated carbocycles. The van der Waals surface area contributed by atoms with E-state index in [1.807, 2.05) is 17.8 Å². The zero-order chi connectivity index (χ0) is 9.84. The van der Waals surface area contributed by atoms with Crippen LogP contribution in [0.2, 0.25) is 0 Å². The zero-order valence-corrected chi connectivity index (χ0v) is 8.75. The van der Waals surface area contributed by atoms with E-state index in [4.69, 9.17) is 5.73 Å². The average molecular weight is 181 g/mol. The molecule has 0 unspecified atom stereocenters. The van der Waals surface area contributed by atoms with Crippen molar-refractivity contribution in [2.75, 3.05) is 5.73 Å². The van der Waals surface area contributed by atoms with Gasteiger partial charge in [-0.1, -0.05) is 26.7 Å². The van der Waals surface area contributed by atoms with E-state index in [0.717, 1.165) is 18.0 Å². The molecule has 0 fully saturated rings. The number of aryl methyl sites for hydroxylation is 1. The molecule has 0 aliphatic heterocycles. The molecule has 1 rings (SSSR count). The van der Waals surface area contributed by atoms with Gasteiger partial charge in [0.2, 0.25) is 0 Å². The van der Waals surface area contributed by atoms with Crippen LogP contribution >= 0.6 is 0 Å². The first-order chi connectivity index (χ1) is 6.17. The van der Waals surface area contributed by atoms with Gasteiger partial charge in [-0.05, 0) is 12.8 Å². The molecule has 0 atom stereocenters. The van der Waals surface area contributed by atoms with E-state index in [2.05, 4.69) is 18.9 Å². The van der Waals surface area contributed by atoms with Crippen molar-refractivity contribution in [2.24, 2.45) is 5.92 Å². The van der Waals surface area contributed by atoms with Crippen LogP contribution in [-0.2, 0) is 6.54 Å². The van der Waals surface area contributed by atoms with Gasteiger partial charge in [0, 0.05) is 18.3 Å². The first kappa shape index (κ1) is 10.1. The van der Waals surface area contributed by atoms with Crippen LogP contribution in [0.3, 0.4) is 0 Å². The fraction of sp³-hybridized carbons (Fsp3) is 0.700. The Morgan fingerprint density at radius 1 is 1.46 bits per heavy atom. The minimum absolute atomic E-state index is 0.658. The van der Waals surface area contributed by atoms with Crippen LogP contribution in [0, 0.1) is 12.8 Å². The van der Waals surface area contributed by atoms with Gasteiger partial charge in [-0.25, -0.2) is 0 Å². The molecule has 0 radical (unpaired) electrons. The quantitative estimate of drug-likeness (QED) is 0.774. The minimum atomic E-state index is 0.658. The van der Waals surface area contributed by atoms with Crippen molar-refractivity contribution in [3.63, 3.8) is 0 Å². The Bertz CT molecular complexity index is 242. The third-order valence-electron chi connectivity index (χ3n) is 2.58. The highest BCUT2D eigenvalue weighted by Crippen LogP contribution is 2.13. The van der Waals surface area contributed by atoms with Gasteiger partial charge in [0.15, 0.2) is 0 Å². The van der Waals surface area contributed by atoms with Gasteiger partial charge < -0.3 is 5.73 Å². The Kier molecular flexibility index (Phi) is 3.34. The minimum Gasteiger partial charge on any atom is -0.382 e. The summed E-state index contributed by atoms with van der Waals surface area (Å²) in [5.41, 5.74) is 6.74. The van der Waals surface area contributed by atoms with E-state index >= 15 is 0 Å². The van der Waals surface area contributed by atoms with Crippen molar-refractivity contribution in [1.29, 1.82) is 0 Å². The monoisotopic (exact) mass is 181 g/mol. The molecule has 0 saturated heterocycles. The van der Waals surface area contributed by atoms with Crippen LogP contribution in [0.1, 0.15) is 32.3 Å². The zero-order valence-electron chi connectivity index (χ0n) is 8.75. The molecule has 3 heteroatoms. The molecule has 1 aromatic heterocycles. The number of hydrogen-bond donors (Lipinski definition) is 1. The lowest BCUT2D eigenvalue weighted by molar-refractivity contribution is 0.396. The van der Waals surface area contributed by atoms with E-state index in [1.54, 1.807) is 0 Å². The Morgan fingerprint density at radius 3 is 2.46 bits per heavy atom. The Morgan fingerprint density at radius 2 is 2.08 bits per heavy atom. The number of nitrogen functional groups attached to an aromatic ring is 1. The van der Waals surface area contributed by atoms with E-state index in [-0.39, 0.29) is 0 Å². The topological polar surface area (TPSA) is 43.8 Å². The van der Waals surface area contributed by atoms with Crippen LogP contribution in [0.5, 0.6) is 0 Å². The molecule has 1 heterocycles. The first-order valence-electron chi connectivity index (χ1n) is 4.96. The highest BCUT2D eigenvalue weighted by atomic mass is 15.3. The maximum atomic E-state index is 5.67. The van der Waals surface area contributed by atoms with Gasteiger partial charge in [0.05, 0.1) is 0 Å². The fourth-order valence-corrected chi connectivity index (χ4v) is 1.44. The van der Waals surface area contributed by atoms with Gasteiger partial charge in [0.1, 0.15) is 5.82 Å². The van der Waals surface area contributed by atoms with Gasteiger partial charge in [0.25, 0.3) is 0 Å². The first-order valence-corrected chi connectivity index (χ1v) is 4.96. The lowest BCUT2D eigenvalue weighted by Gasteiger charge is -2.11. The van der Waals surface area contributed by atoms with Crippen molar-refractivity contribution >= 4 is 5.82 Å². The number of anilines is 1. The van der Waals surface area contributed by atoms with E-state index in [1.165, 1.54) is 12.8 Å². The molecule has 2 N–H and O–H groups in total. The van der Waals surface area contributed by atoms with Crippen LogP contribution in [0.4, 0.5) is 5.82 Å².